The van der Waals surface area contributed by atoms with Crippen molar-refractivity contribution in [1.82, 2.24) is 0 Å². The first-order valence-corrected chi connectivity index (χ1v) is 7.76. The van der Waals surface area contributed by atoms with Crippen LogP contribution < -0.4 is 4.81 Å². The van der Waals surface area contributed by atoms with Crippen LogP contribution in [0.4, 0.5) is 5.69 Å². The molecule has 2 heteroatoms. The van der Waals surface area contributed by atoms with Crippen LogP contribution in [0.25, 0.3) is 5.57 Å². The van der Waals surface area contributed by atoms with Gasteiger partial charge in [-0.25, -0.2) is 0 Å². The molecule has 0 saturated carbocycles. The third-order valence-corrected chi connectivity index (χ3v) is 4.23. The van der Waals surface area contributed by atoms with E-state index in [1.807, 2.05) is 0 Å². The minimum Gasteiger partial charge on any atom is -0.413 e. The summed E-state index contributed by atoms with van der Waals surface area (Å²) in [5, 5.41) is 0. The first-order valence-electron chi connectivity index (χ1n) is 7.76. The lowest BCUT2D eigenvalue weighted by Gasteiger charge is -2.34. The monoisotopic (exact) mass is 275 g/mol. The van der Waals surface area contributed by atoms with Gasteiger partial charge in [0, 0.05) is 11.3 Å². The van der Waals surface area contributed by atoms with E-state index >= 15 is 0 Å². The zero-order valence-electron chi connectivity index (χ0n) is 13.1. The Morgan fingerprint density at radius 1 is 0.952 bits per heavy atom. The quantitative estimate of drug-likeness (QED) is 0.730. The molecule has 0 N–H and O–H groups in total. The van der Waals surface area contributed by atoms with E-state index < -0.39 is 0 Å². The Morgan fingerprint density at radius 3 is 2.33 bits per heavy atom. The molecule has 1 nitrogen and oxygen atoms in total. The summed E-state index contributed by atoms with van der Waals surface area (Å²) in [6, 6.07) is 19.5. The lowest BCUT2D eigenvalue weighted by molar-refractivity contribution is 0.725. The first kappa shape index (κ1) is 14.0. The van der Waals surface area contributed by atoms with Gasteiger partial charge in [-0.2, -0.15) is 0 Å². The van der Waals surface area contributed by atoms with Crippen LogP contribution >= 0.6 is 0 Å². The Labute approximate surface area is 128 Å². The third kappa shape index (κ3) is 2.76. The molecule has 21 heavy (non-hydrogen) atoms. The van der Waals surface area contributed by atoms with Gasteiger partial charge in [-0.1, -0.05) is 74.3 Å². The molecule has 0 amide bonds. The summed E-state index contributed by atoms with van der Waals surface area (Å²) < 4.78 is 0. The average Bonchev–Trinajstić information content (AvgIpc) is 2.51. The molecule has 1 aliphatic heterocycles. The van der Waals surface area contributed by atoms with Gasteiger partial charge < -0.3 is 4.81 Å². The van der Waals surface area contributed by atoms with Crippen LogP contribution in [0.3, 0.4) is 0 Å². The van der Waals surface area contributed by atoms with E-state index in [0.29, 0.717) is 12.8 Å². The molecule has 2 aromatic rings. The molecule has 0 unspecified atom stereocenters. The standard InChI is InChI=1S/C19H22BN/c1-15(2)13-20-14-18(16-9-5-4-6-10-16)17-11-7-8-12-19(17)21(20)3/h4-12,14-15H,13H2,1-3H3. The SMILES string of the molecule is CC(C)CB1C=C(c2ccccc2)c2ccccc2N1C. The Balaban J connectivity index is 2.10. The number of para-hydroxylation sites is 1. The van der Waals surface area contributed by atoms with E-state index in [0.717, 1.165) is 0 Å². The van der Waals surface area contributed by atoms with Crippen LogP contribution in [0.5, 0.6) is 0 Å². The maximum atomic E-state index is 2.44. The molecular weight excluding hydrogens is 253 g/mol. The van der Waals surface area contributed by atoms with Gasteiger partial charge in [-0.05, 0) is 30.6 Å². The van der Waals surface area contributed by atoms with Crippen molar-refractivity contribution < 1.29 is 0 Å². The zero-order chi connectivity index (χ0) is 14.8. The highest BCUT2D eigenvalue weighted by atomic mass is 15.0. The molecule has 0 saturated heterocycles. The molecule has 0 spiro atoms. The molecule has 1 heterocycles. The number of rotatable bonds is 3. The second kappa shape index (κ2) is 5.81. The minimum absolute atomic E-state index is 0.468. The summed E-state index contributed by atoms with van der Waals surface area (Å²) in [7, 11) is 2.21. The number of anilines is 1. The summed E-state index contributed by atoms with van der Waals surface area (Å²) in [4.78, 5) is 2.42. The van der Waals surface area contributed by atoms with Crippen LogP contribution in [-0.4, -0.2) is 13.9 Å². The van der Waals surface area contributed by atoms with Gasteiger partial charge in [-0.15, -0.1) is 0 Å². The predicted octanol–water partition coefficient (Wildman–Crippen LogP) is 4.75. The van der Waals surface area contributed by atoms with Crippen LogP contribution in [0, 0.1) is 5.92 Å². The summed E-state index contributed by atoms with van der Waals surface area (Å²) in [5.74, 6) is 3.13. The van der Waals surface area contributed by atoms with Crippen LogP contribution in [-0.2, 0) is 0 Å². The minimum atomic E-state index is 0.468. The van der Waals surface area contributed by atoms with Crippen molar-refractivity contribution in [3.63, 3.8) is 0 Å². The maximum absolute atomic E-state index is 2.44. The smallest absolute Gasteiger partial charge is 0.281 e. The molecule has 0 atom stereocenters. The van der Waals surface area contributed by atoms with Crippen molar-refractivity contribution in [3.8, 4) is 0 Å². The molecular formula is C19H22BN. The van der Waals surface area contributed by atoms with Crippen LogP contribution in [0.1, 0.15) is 25.0 Å². The van der Waals surface area contributed by atoms with Gasteiger partial charge in [0.2, 0.25) is 0 Å². The number of benzene rings is 2. The second-order valence-electron chi connectivity index (χ2n) is 6.27. The Hall–Kier alpha value is -1.96. The van der Waals surface area contributed by atoms with Gasteiger partial charge in [-0.3, -0.25) is 0 Å². The normalized spacial score (nSPS) is 14.2. The molecule has 3 rings (SSSR count). The Morgan fingerprint density at radius 2 is 1.62 bits per heavy atom. The fraction of sp³-hybridized carbons (Fsp3) is 0.263. The summed E-state index contributed by atoms with van der Waals surface area (Å²) in [5.41, 5.74) is 5.36. The maximum Gasteiger partial charge on any atom is 0.281 e. The van der Waals surface area contributed by atoms with Gasteiger partial charge >= 0.3 is 0 Å². The highest BCUT2D eigenvalue weighted by Crippen LogP contribution is 2.37. The average molecular weight is 275 g/mol. The third-order valence-electron chi connectivity index (χ3n) is 4.23. The highest BCUT2D eigenvalue weighted by Gasteiger charge is 2.27. The van der Waals surface area contributed by atoms with E-state index in [9.17, 15) is 0 Å². The van der Waals surface area contributed by atoms with Crippen molar-refractivity contribution in [2.45, 2.75) is 20.2 Å². The number of fused-ring (bicyclic) bond motifs is 1. The molecule has 0 aromatic heterocycles. The van der Waals surface area contributed by atoms with E-state index in [1.165, 1.54) is 28.7 Å². The van der Waals surface area contributed by atoms with Gasteiger partial charge in [0.05, 0.1) is 0 Å². The van der Waals surface area contributed by atoms with E-state index in [2.05, 4.69) is 86.3 Å². The van der Waals surface area contributed by atoms with Gasteiger partial charge in [0.15, 0.2) is 0 Å². The predicted molar refractivity (Wildman–Crippen MR) is 93.8 cm³/mol. The zero-order valence-corrected chi connectivity index (χ0v) is 13.1. The lowest BCUT2D eigenvalue weighted by atomic mass is 9.51. The number of hydrogen-bond donors (Lipinski definition) is 0. The second-order valence-corrected chi connectivity index (χ2v) is 6.27. The summed E-state index contributed by atoms with van der Waals surface area (Å²) >= 11 is 0. The number of nitrogens with zero attached hydrogens (tertiary/aromatic N) is 1. The molecule has 0 radical (unpaired) electrons. The van der Waals surface area contributed by atoms with Crippen molar-refractivity contribution in [2.24, 2.45) is 5.92 Å². The fourth-order valence-corrected chi connectivity index (χ4v) is 3.16. The summed E-state index contributed by atoms with van der Waals surface area (Å²) in [6.45, 7) is 5.06. The largest absolute Gasteiger partial charge is 0.413 e. The van der Waals surface area contributed by atoms with E-state index in [1.54, 1.807) is 0 Å². The van der Waals surface area contributed by atoms with Crippen molar-refractivity contribution in [3.05, 3.63) is 71.7 Å². The van der Waals surface area contributed by atoms with Crippen LogP contribution in [0.15, 0.2) is 60.6 Å². The van der Waals surface area contributed by atoms with Crippen molar-refractivity contribution in [1.29, 1.82) is 0 Å². The lowest BCUT2D eigenvalue weighted by Crippen LogP contribution is -2.38. The van der Waals surface area contributed by atoms with Crippen molar-refractivity contribution in [2.75, 3.05) is 11.9 Å². The van der Waals surface area contributed by atoms with E-state index in [4.69, 9.17) is 0 Å². The van der Waals surface area contributed by atoms with Crippen molar-refractivity contribution >= 4 is 18.1 Å². The fourth-order valence-electron chi connectivity index (χ4n) is 3.16. The van der Waals surface area contributed by atoms with E-state index in [-0.39, 0.29) is 0 Å². The Kier molecular flexibility index (Phi) is 3.87. The van der Waals surface area contributed by atoms with Gasteiger partial charge in [0.1, 0.15) is 0 Å². The molecule has 0 bridgehead atoms. The number of hydrogen-bond acceptors (Lipinski definition) is 1. The van der Waals surface area contributed by atoms with Crippen LogP contribution in [0.2, 0.25) is 6.32 Å². The molecule has 0 aliphatic carbocycles. The highest BCUT2D eigenvalue weighted by molar-refractivity contribution is 6.70. The molecule has 2 aromatic carbocycles. The molecule has 1 aliphatic rings. The Bertz CT molecular complexity index is 646. The first-order chi connectivity index (χ1) is 10.2. The molecule has 106 valence electrons. The van der Waals surface area contributed by atoms with Gasteiger partial charge in [0.25, 0.3) is 6.85 Å². The summed E-state index contributed by atoms with van der Waals surface area (Å²) in [6.07, 6.45) is 1.18. The molecule has 0 fully saturated rings. The topological polar surface area (TPSA) is 3.24 Å².